The van der Waals surface area contributed by atoms with Gasteiger partial charge in [0.25, 0.3) is 11.6 Å². The van der Waals surface area contributed by atoms with Gasteiger partial charge in [-0.1, -0.05) is 12.1 Å². The average molecular weight is 320 g/mol. The number of nitro groups is 1. The predicted octanol–water partition coefficient (Wildman–Crippen LogP) is 2.76. The van der Waals surface area contributed by atoms with Crippen molar-refractivity contribution in [2.45, 2.75) is 6.92 Å². The molecule has 2 aromatic rings. The van der Waals surface area contributed by atoms with Crippen LogP contribution >= 0.6 is 11.3 Å². The number of hydrogen-bond donors (Lipinski definition) is 1. The molecule has 8 heteroatoms. The largest absolute Gasteiger partial charge is 0.451 e. The van der Waals surface area contributed by atoms with E-state index in [1.165, 1.54) is 29.5 Å². The van der Waals surface area contributed by atoms with Crippen molar-refractivity contribution in [3.05, 3.63) is 56.3 Å². The Kier molecular flexibility index (Phi) is 4.84. The van der Waals surface area contributed by atoms with E-state index in [1.54, 1.807) is 24.4 Å². The third-order valence-electron chi connectivity index (χ3n) is 2.76. The van der Waals surface area contributed by atoms with Gasteiger partial charge in [-0.25, -0.2) is 4.79 Å². The fourth-order valence-electron chi connectivity index (χ4n) is 1.70. The Balaban J connectivity index is 1.95. The second-order valence-electron chi connectivity index (χ2n) is 4.33. The summed E-state index contributed by atoms with van der Waals surface area (Å²) in [5, 5.41) is 14.9. The second-order valence-corrected chi connectivity index (χ2v) is 5.25. The monoisotopic (exact) mass is 320 g/mol. The second kappa shape index (κ2) is 6.81. The molecule has 1 N–H and O–H groups in total. The smallest absolute Gasteiger partial charge is 0.349 e. The lowest BCUT2D eigenvalue weighted by atomic mass is 10.2. The van der Waals surface area contributed by atoms with Gasteiger partial charge in [0.2, 0.25) is 0 Å². The molecule has 0 aliphatic carbocycles. The van der Waals surface area contributed by atoms with Gasteiger partial charge in [0.15, 0.2) is 6.61 Å². The molecule has 1 aromatic carbocycles. The molecule has 22 heavy (non-hydrogen) atoms. The summed E-state index contributed by atoms with van der Waals surface area (Å²) >= 11 is 1.22. The van der Waals surface area contributed by atoms with Crippen LogP contribution in [0.1, 0.15) is 15.2 Å². The number of thiophene rings is 1. The van der Waals surface area contributed by atoms with Crippen LogP contribution in [-0.4, -0.2) is 23.4 Å². The number of nitrogens with zero attached hydrogens (tertiary/aromatic N) is 1. The molecule has 0 unspecified atom stereocenters. The highest BCUT2D eigenvalue weighted by molar-refractivity contribution is 7.12. The number of carbonyl (C=O) groups excluding carboxylic acids is 2. The zero-order chi connectivity index (χ0) is 16.1. The minimum Gasteiger partial charge on any atom is -0.451 e. The van der Waals surface area contributed by atoms with Crippen molar-refractivity contribution in [2.24, 2.45) is 0 Å². The summed E-state index contributed by atoms with van der Waals surface area (Å²) in [4.78, 5) is 34.2. The van der Waals surface area contributed by atoms with E-state index in [0.29, 0.717) is 4.88 Å². The Morgan fingerprint density at radius 1 is 1.32 bits per heavy atom. The Bertz CT molecular complexity index is 726. The van der Waals surface area contributed by atoms with E-state index in [2.05, 4.69) is 5.32 Å². The molecule has 0 aliphatic heterocycles. The number of nitro benzene ring substituents is 1. The van der Waals surface area contributed by atoms with Crippen LogP contribution in [0.5, 0.6) is 0 Å². The lowest BCUT2D eigenvalue weighted by molar-refractivity contribution is -0.383. The number of hydrogen-bond acceptors (Lipinski definition) is 6. The van der Waals surface area contributed by atoms with E-state index in [-0.39, 0.29) is 11.4 Å². The third-order valence-corrected chi connectivity index (χ3v) is 3.75. The van der Waals surface area contributed by atoms with E-state index in [0.717, 1.165) is 5.56 Å². The maximum absolute atomic E-state index is 11.8. The predicted molar refractivity (Wildman–Crippen MR) is 81.1 cm³/mol. The Morgan fingerprint density at radius 2 is 2.05 bits per heavy atom. The fourth-order valence-corrected chi connectivity index (χ4v) is 2.52. The first-order valence-electron chi connectivity index (χ1n) is 6.23. The van der Waals surface area contributed by atoms with Crippen molar-refractivity contribution in [3.63, 3.8) is 0 Å². The molecule has 0 aliphatic rings. The van der Waals surface area contributed by atoms with Crippen molar-refractivity contribution in [3.8, 4) is 0 Å². The van der Waals surface area contributed by atoms with E-state index in [4.69, 9.17) is 4.74 Å². The number of amides is 1. The van der Waals surface area contributed by atoms with Crippen molar-refractivity contribution >= 4 is 34.6 Å². The number of ether oxygens (including phenoxy) is 1. The number of para-hydroxylation sites is 2. The number of aryl methyl sites for hydroxylation is 1. The van der Waals surface area contributed by atoms with Gasteiger partial charge in [0, 0.05) is 6.07 Å². The minimum absolute atomic E-state index is 0.0563. The Hall–Kier alpha value is -2.74. The summed E-state index contributed by atoms with van der Waals surface area (Å²) < 4.78 is 4.89. The summed E-state index contributed by atoms with van der Waals surface area (Å²) in [6.45, 7) is 1.25. The van der Waals surface area contributed by atoms with Gasteiger partial charge in [-0.05, 0) is 30.0 Å². The number of rotatable bonds is 5. The molecule has 1 aromatic heterocycles. The highest BCUT2D eigenvalue weighted by atomic mass is 32.1. The molecule has 2 rings (SSSR count). The third kappa shape index (κ3) is 3.67. The van der Waals surface area contributed by atoms with Crippen molar-refractivity contribution in [2.75, 3.05) is 11.9 Å². The van der Waals surface area contributed by atoms with E-state index >= 15 is 0 Å². The summed E-state index contributed by atoms with van der Waals surface area (Å²) in [7, 11) is 0. The van der Waals surface area contributed by atoms with Gasteiger partial charge in [-0.15, -0.1) is 11.3 Å². The first-order chi connectivity index (χ1) is 10.5. The summed E-state index contributed by atoms with van der Waals surface area (Å²) in [6, 6.07) is 7.50. The molecular formula is C14H12N2O5S. The molecule has 114 valence electrons. The van der Waals surface area contributed by atoms with E-state index in [1.807, 2.05) is 0 Å². The van der Waals surface area contributed by atoms with Crippen LogP contribution in [0.4, 0.5) is 11.4 Å². The van der Waals surface area contributed by atoms with Gasteiger partial charge in [-0.3, -0.25) is 14.9 Å². The van der Waals surface area contributed by atoms with Crippen LogP contribution in [-0.2, 0) is 9.53 Å². The summed E-state index contributed by atoms with van der Waals surface area (Å²) in [6.07, 6.45) is 0. The summed E-state index contributed by atoms with van der Waals surface area (Å²) in [5.41, 5.74) is 0.603. The maximum Gasteiger partial charge on any atom is 0.349 e. The average Bonchev–Trinajstić information content (AvgIpc) is 2.91. The van der Waals surface area contributed by atoms with Crippen LogP contribution in [0.25, 0.3) is 0 Å². The molecular weight excluding hydrogens is 308 g/mol. The van der Waals surface area contributed by atoms with Crippen molar-refractivity contribution < 1.29 is 19.2 Å². The molecule has 0 saturated carbocycles. The van der Waals surface area contributed by atoms with E-state index in [9.17, 15) is 19.7 Å². The zero-order valence-corrected chi connectivity index (χ0v) is 12.4. The van der Waals surface area contributed by atoms with Crippen LogP contribution in [0.3, 0.4) is 0 Å². The van der Waals surface area contributed by atoms with Gasteiger partial charge < -0.3 is 10.1 Å². The van der Waals surface area contributed by atoms with Gasteiger partial charge >= 0.3 is 5.97 Å². The number of benzene rings is 1. The molecule has 0 saturated heterocycles. The molecule has 0 radical (unpaired) electrons. The molecule has 0 atom stereocenters. The lowest BCUT2D eigenvalue weighted by Gasteiger charge is -2.06. The van der Waals surface area contributed by atoms with Crippen LogP contribution in [0.15, 0.2) is 35.7 Å². The normalized spacial score (nSPS) is 10.0. The molecule has 0 spiro atoms. The standard InChI is InChI=1S/C14H12N2O5S/c1-9-6-7-22-13(9)14(18)21-8-12(17)15-10-4-2-3-5-11(10)16(19)20/h2-7H,8H2,1H3,(H,15,17). The zero-order valence-electron chi connectivity index (χ0n) is 11.6. The Labute approximate surface area is 129 Å². The van der Waals surface area contributed by atoms with Crippen LogP contribution in [0, 0.1) is 17.0 Å². The molecule has 1 heterocycles. The summed E-state index contributed by atoms with van der Waals surface area (Å²) in [5.74, 6) is -1.23. The lowest BCUT2D eigenvalue weighted by Crippen LogP contribution is -2.21. The highest BCUT2D eigenvalue weighted by Gasteiger charge is 2.17. The number of carbonyl (C=O) groups is 2. The van der Waals surface area contributed by atoms with Crippen molar-refractivity contribution in [1.29, 1.82) is 0 Å². The van der Waals surface area contributed by atoms with Crippen LogP contribution in [0.2, 0.25) is 0 Å². The quantitative estimate of drug-likeness (QED) is 0.519. The molecule has 1 amide bonds. The Morgan fingerprint density at radius 3 is 2.68 bits per heavy atom. The number of anilines is 1. The van der Waals surface area contributed by atoms with Crippen LogP contribution < -0.4 is 5.32 Å². The molecule has 0 bridgehead atoms. The first-order valence-corrected chi connectivity index (χ1v) is 7.11. The molecule has 0 fully saturated rings. The number of nitrogens with one attached hydrogen (secondary N) is 1. The topological polar surface area (TPSA) is 98.5 Å². The minimum atomic E-state index is -0.642. The van der Waals surface area contributed by atoms with E-state index < -0.39 is 23.4 Å². The van der Waals surface area contributed by atoms with Gasteiger partial charge in [0.05, 0.1) is 4.92 Å². The van der Waals surface area contributed by atoms with Crippen molar-refractivity contribution in [1.82, 2.24) is 0 Å². The van der Waals surface area contributed by atoms with Gasteiger partial charge in [0.1, 0.15) is 10.6 Å². The maximum atomic E-state index is 11.8. The highest BCUT2D eigenvalue weighted by Crippen LogP contribution is 2.23. The van der Waals surface area contributed by atoms with Gasteiger partial charge in [-0.2, -0.15) is 0 Å². The SMILES string of the molecule is Cc1ccsc1C(=O)OCC(=O)Nc1ccccc1[N+](=O)[O-]. The molecule has 7 nitrogen and oxygen atoms in total. The fraction of sp³-hybridized carbons (Fsp3) is 0.143. The first kappa shape index (κ1) is 15.6. The number of esters is 1.